The number of anilines is 1. The van der Waals surface area contributed by atoms with Crippen molar-refractivity contribution in [2.75, 3.05) is 37.8 Å². The van der Waals surface area contributed by atoms with Gasteiger partial charge in [0, 0.05) is 31.9 Å². The van der Waals surface area contributed by atoms with Crippen LogP contribution in [0, 0.1) is 6.92 Å². The smallest absolute Gasteiger partial charge is 0.323 e. The molecule has 0 aromatic heterocycles. The highest BCUT2D eigenvalue weighted by Gasteiger charge is 2.44. The van der Waals surface area contributed by atoms with Crippen LogP contribution in [0.3, 0.4) is 0 Å². The lowest BCUT2D eigenvalue weighted by Gasteiger charge is -2.27. The third-order valence-electron chi connectivity index (χ3n) is 3.80. The normalized spacial score (nSPS) is 18.2. The topological polar surface area (TPSA) is 125 Å². The van der Waals surface area contributed by atoms with Crippen molar-refractivity contribution in [3.63, 3.8) is 0 Å². The first-order valence-corrected chi connectivity index (χ1v) is 9.68. The Morgan fingerprint density at radius 1 is 1.24 bits per heavy atom. The van der Waals surface area contributed by atoms with Gasteiger partial charge >= 0.3 is 6.03 Å². The molecule has 3 amide bonds. The van der Waals surface area contributed by atoms with E-state index in [-0.39, 0.29) is 26.2 Å². The van der Waals surface area contributed by atoms with Crippen molar-refractivity contribution in [1.29, 1.82) is 0 Å². The minimum Gasteiger partial charge on any atom is -0.352 e. The van der Waals surface area contributed by atoms with Gasteiger partial charge in [0.15, 0.2) is 6.17 Å². The molecule has 9 nitrogen and oxygen atoms in total. The number of urea groups is 1. The second-order valence-electron chi connectivity index (χ2n) is 5.82. The molecule has 1 aliphatic heterocycles. The molecular weight excluding hydrogens is 346 g/mol. The second kappa shape index (κ2) is 7.81. The van der Waals surface area contributed by atoms with Crippen molar-refractivity contribution in [2.24, 2.45) is 5.73 Å². The molecule has 4 N–H and O–H groups in total. The number of carbonyl (C=O) groups excluding carboxylic acids is 2. The van der Waals surface area contributed by atoms with Gasteiger partial charge in [0.25, 0.3) is 5.91 Å². The number of carbonyl (C=O) groups is 2. The number of rotatable bonds is 5. The predicted octanol–water partition coefficient (Wildman–Crippen LogP) is -0.495. The van der Waals surface area contributed by atoms with Gasteiger partial charge in [-0.1, -0.05) is 17.7 Å². The molecule has 25 heavy (non-hydrogen) atoms. The summed E-state index contributed by atoms with van der Waals surface area (Å²) in [6.07, 6.45) is -0.218. The molecule has 2 rings (SSSR count). The van der Waals surface area contributed by atoms with Crippen molar-refractivity contribution < 1.29 is 18.0 Å². The van der Waals surface area contributed by atoms with Gasteiger partial charge in [-0.05, 0) is 19.1 Å². The van der Waals surface area contributed by atoms with Crippen LogP contribution in [0.4, 0.5) is 10.5 Å². The van der Waals surface area contributed by atoms with E-state index in [1.54, 1.807) is 12.1 Å². The number of nitrogens with one attached hydrogen (secondary N) is 2. The molecule has 1 saturated heterocycles. The van der Waals surface area contributed by atoms with Gasteiger partial charge in [0.05, 0.1) is 6.26 Å². The molecule has 1 fully saturated rings. The number of nitrogens with zero attached hydrogens (tertiary/aromatic N) is 2. The summed E-state index contributed by atoms with van der Waals surface area (Å²) in [4.78, 5) is 26.1. The van der Waals surface area contributed by atoms with Crippen molar-refractivity contribution in [3.8, 4) is 0 Å². The zero-order chi connectivity index (χ0) is 18.6. The highest BCUT2D eigenvalue weighted by Crippen LogP contribution is 2.20. The van der Waals surface area contributed by atoms with Crippen LogP contribution >= 0.6 is 0 Å². The first-order chi connectivity index (χ1) is 11.7. The van der Waals surface area contributed by atoms with E-state index in [1.807, 2.05) is 19.1 Å². The zero-order valence-corrected chi connectivity index (χ0v) is 15.0. The zero-order valence-electron chi connectivity index (χ0n) is 14.2. The highest BCUT2D eigenvalue weighted by molar-refractivity contribution is 7.88. The third kappa shape index (κ3) is 4.68. The molecule has 1 aromatic rings. The lowest BCUT2D eigenvalue weighted by Crippen LogP contribution is -2.54. The Balaban J connectivity index is 2.19. The summed E-state index contributed by atoms with van der Waals surface area (Å²) in [7, 11) is -3.65. The molecule has 1 aromatic carbocycles. The monoisotopic (exact) mass is 369 g/mol. The average Bonchev–Trinajstić information content (AvgIpc) is 3.00. The van der Waals surface area contributed by atoms with Crippen molar-refractivity contribution in [3.05, 3.63) is 29.8 Å². The molecule has 0 spiro atoms. The number of hydrogen-bond acceptors (Lipinski definition) is 5. The van der Waals surface area contributed by atoms with Crippen molar-refractivity contribution in [2.45, 2.75) is 13.1 Å². The summed E-state index contributed by atoms with van der Waals surface area (Å²) in [5.41, 5.74) is 6.97. The second-order valence-corrected chi connectivity index (χ2v) is 7.75. The summed E-state index contributed by atoms with van der Waals surface area (Å²) in [6, 6.07) is 6.62. The Morgan fingerprint density at radius 3 is 2.44 bits per heavy atom. The summed E-state index contributed by atoms with van der Waals surface area (Å²) in [5, 5.41) is 5.23. The van der Waals surface area contributed by atoms with Gasteiger partial charge in [-0.2, -0.15) is 4.31 Å². The number of nitrogens with two attached hydrogens (primary N) is 1. The van der Waals surface area contributed by atoms with E-state index in [9.17, 15) is 18.0 Å². The van der Waals surface area contributed by atoms with E-state index in [0.717, 1.165) is 16.1 Å². The Morgan fingerprint density at radius 2 is 1.88 bits per heavy atom. The van der Waals surface area contributed by atoms with Gasteiger partial charge in [-0.3, -0.25) is 9.69 Å². The van der Waals surface area contributed by atoms with Crippen LogP contribution in [-0.2, 0) is 14.8 Å². The van der Waals surface area contributed by atoms with Crippen molar-refractivity contribution in [1.82, 2.24) is 14.5 Å². The number of hydrogen-bond donors (Lipinski definition) is 3. The fraction of sp³-hybridized carbons (Fsp3) is 0.467. The van der Waals surface area contributed by atoms with Crippen molar-refractivity contribution >= 4 is 27.6 Å². The van der Waals surface area contributed by atoms with Crippen LogP contribution in [0.15, 0.2) is 24.3 Å². The first kappa shape index (κ1) is 19.2. The molecule has 1 heterocycles. The lowest BCUT2D eigenvalue weighted by molar-refractivity contribution is -0.127. The summed E-state index contributed by atoms with van der Waals surface area (Å²) in [5.74, 6) is -0.576. The van der Waals surface area contributed by atoms with Crippen LogP contribution < -0.4 is 16.4 Å². The average molecular weight is 369 g/mol. The minimum atomic E-state index is -3.65. The Kier molecular flexibility index (Phi) is 5.98. The van der Waals surface area contributed by atoms with Gasteiger partial charge in [0.1, 0.15) is 0 Å². The van der Waals surface area contributed by atoms with Gasteiger partial charge < -0.3 is 16.4 Å². The Labute approximate surface area is 147 Å². The minimum absolute atomic E-state index is 0.0564. The standard InChI is InChI=1S/C15H23N5O4S/c1-11-3-5-12(6-4-11)18-15(22)19-9-10-20(25(2,23)24)14(19)13(21)17-8-7-16/h3-6,14H,7-10,16H2,1-2H3,(H,17,21)(H,18,22). The fourth-order valence-corrected chi connectivity index (χ4v) is 3.54. The van der Waals surface area contributed by atoms with Crippen LogP contribution in [0.25, 0.3) is 0 Å². The molecule has 1 aliphatic rings. The number of sulfonamides is 1. The fourth-order valence-electron chi connectivity index (χ4n) is 2.56. The number of aryl methyl sites for hydroxylation is 1. The predicted molar refractivity (Wildman–Crippen MR) is 94.3 cm³/mol. The summed E-state index contributed by atoms with van der Waals surface area (Å²) >= 11 is 0. The molecule has 1 unspecified atom stereocenters. The van der Waals surface area contributed by atoms with Gasteiger partial charge in [0.2, 0.25) is 10.0 Å². The summed E-state index contributed by atoms with van der Waals surface area (Å²) < 4.78 is 24.9. The molecule has 0 saturated carbocycles. The molecule has 0 radical (unpaired) electrons. The van der Waals surface area contributed by atoms with Crippen LogP contribution in [-0.4, -0.2) is 68.2 Å². The quantitative estimate of drug-likeness (QED) is 0.646. The molecule has 0 aliphatic carbocycles. The molecule has 10 heteroatoms. The maximum absolute atomic E-state index is 12.5. The maximum Gasteiger partial charge on any atom is 0.323 e. The molecule has 138 valence electrons. The van der Waals surface area contributed by atoms with E-state index in [2.05, 4.69) is 10.6 Å². The first-order valence-electron chi connectivity index (χ1n) is 7.83. The van der Waals surface area contributed by atoms with Crippen LogP contribution in [0.1, 0.15) is 5.56 Å². The molecular formula is C15H23N5O4S. The largest absolute Gasteiger partial charge is 0.352 e. The van der Waals surface area contributed by atoms with E-state index in [4.69, 9.17) is 5.73 Å². The summed E-state index contributed by atoms with van der Waals surface area (Å²) in [6.45, 7) is 2.51. The lowest BCUT2D eigenvalue weighted by atomic mass is 10.2. The Hall–Kier alpha value is -2.17. The maximum atomic E-state index is 12.5. The van der Waals surface area contributed by atoms with E-state index in [0.29, 0.717) is 5.69 Å². The molecule has 1 atom stereocenters. The number of amides is 3. The third-order valence-corrected chi connectivity index (χ3v) is 5.03. The van der Waals surface area contributed by atoms with Crippen LogP contribution in [0.5, 0.6) is 0 Å². The van der Waals surface area contributed by atoms with E-state index < -0.39 is 28.1 Å². The van der Waals surface area contributed by atoms with Gasteiger partial charge in [-0.15, -0.1) is 0 Å². The van der Waals surface area contributed by atoms with Crippen LogP contribution in [0.2, 0.25) is 0 Å². The molecule has 0 bridgehead atoms. The Bertz CT molecular complexity index is 735. The SMILES string of the molecule is Cc1ccc(NC(=O)N2CCN(S(C)(=O)=O)C2C(=O)NCCN)cc1. The van der Waals surface area contributed by atoms with E-state index in [1.165, 1.54) is 4.90 Å². The number of benzene rings is 1. The highest BCUT2D eigenvalue weighted by atomic mass is 32.2. The van der Waals surface area contributed by atoms with E-state index >= 15 is 0 Å². The van der Waals surface area contributed by atoms with Gasteiger partial charge in [-0.25, -0.2) is 13.2 Å².